The molecule has 1 N–H and O–H groups in total. The molecule has 0 unspecified atom stereocenters. The Kier molecular flexibility index (Phi) is 5.69. The number of nitrogens with zero attached hydrogens (tertiary/aromatic N) is 3. The Morgan fingerprint density at radius 3 is 2.55 bits per heavy atom. The van der Waals surface area contributed by atoms with Crippen molar-refractivity contribution in [1.29, 1.82) is 0 Å². The lowest BCUT2D eigenvalue weighted by Gasteiger charge is -2.22. The van der Waals surface area contributed by atoms with Crippen LogP contribution < -0.4 is 5.32 Å². The van der Waals surface area contributed by atoms with E-state index in [-0.39, 0.29) is 11.9 Å². The molecule has 1 aromatic heterocycles. The minimum atomic E-state index is -0.0399. The average Bonchev–Trinajstić information content (AvgIpc) is 3.00. The van der Waals surface area contributed by atoms with Crippen molar-refractivity contribution >= 4 is 5.91 Å². The van der Waals surface area contributed by atoms with E-state index in [9.17, 15) is 4.79 Å². The number of nitrogens with one attached hydrogen (secondary N) is 1. The van der Waals surface area contributed by atoms with Crippen molar-refractivity contribution in [3.05, 3.63) is 47.8 Å². The molecule has 0 fully saturated rings. The monoisotopic (exact) mass is 300 g/mol. The Morgan fingerprint density at radius 2 is 2.00 bits per heavy atom. The third kappa shape index (κ3) is 4.41. The molecule has 1 heterocycles. The fourth-order valence-corrected chi connectivity index (χ4v) is 2.32. The van der Waals surface area contributed by atoms with E-state index < -0.39 is 0 Å². The van der Waals surface area contributed by atoms with E-state index in [0.717, 1.165) is 12.8 Å². The summed E-state index contributed by atoms with van der Waals surface area (Å²) in [6.45, 7) is 6.95. The van der Waals surface area contributed by atoms with Crippen molar-refractivity contribution in [2.75, 3.05) is 0 Å². The standard InChI is InChI=1S/C17H24N4O/c1-4-5-14-6-8-15(9-7-14)17(22)19-16(13(2)3)12-21-11-10-18-20-21/h6-11,13,16H,4-5,12H2,1-3H3,(H,19,22)/t16-/m0/s1. The summed E-state index contributed by atoms with van der Waals surface area (Å²) in [6.07, 6.45) is 5.61. The molecule has 1 atom stereocenters. The van der Waals surface area contributed by atoms with Crippen molar-refractivity contribution < 1.29 is 4.79 Å². The first-order valence-corrected chi connectivity index (χ1v) is 7.84. The number of carbonyl (C=O) groups excluding carboxylic acids is 1. The summed E-state index contributed by atoms with van der Waals surface area (Å²) < 4.78 is 1.75. The largest absolute Gasteiger partial charge is 0.347 e. The molecule has 0 aliphatic carbocycles. The summed E-state index contributed by atoms with van der Waals surface area (Å²) in [5.41, 5.74) is 1.96. The molecule has 1 amide bonds. The van der Waals surface area contributed by atoms with E-state index in [4.69, 9.17) is 0 Å². The number of carbonyl (C=O) groups is 1. The first-order chi connectivity index (χ1) is 10.6. The zero-order valence-corrected chi connectivity index (χ0v) is 13.5. The van der Waals surface area contributed by atoms with Crippen LogP contribution >= 0.6 is 0 Å². The van der Waals surface area contributed by atoms with Crippen molar-refractivity contribution in [2.24, 2.45) is 5.92 Å². The maximum absolute atomic E-state index is 12.4. The quantitative estimate of drug-likeness (QED) is 0.855. The van der Waals surface area contributed by atoms with Crippen LogP contribution in [0.1, 0.15) is 43.1 Å². The molecule has 2 rings (SSSR count). The molecule has 0 radical (unpaired) electrons. The molecular formula is C17H24N4O. The third-order valence-electron chi connectivity index (χ3n) is 3.73. The van der Waals surface area contributed by atoms with Gasteiger partial charge in [-0.3, -0.25) is 9.48 Å². The zero-order valence-electron chi connectivity index (χ0n) is 13.5. The van der Waals surface area contributed by atoms with Gasteiger partial charge < -0.3 is 5.32 Å². The smallest absolute Gasteiger partial charge is 0.251 e. The predicted octanol–water partition coefficient (Wildman–Crippen LogP) is 2.69. The van der Waals surface area contributed by atoms with Crippen LogP contribution in [-0.4, -0.2) is 26.9 Å². The van der Waals surface area contributed by atoms with Gasteiger partial charge in [0.25, 0.3) is 5.91 Å². The highest BCUT2D eigenvalue weighted by molar-refractivity contribution is 5.94. The lowest BCUT2D eigenvalue weighted by Crippen LogP contribution is -2.41. The van der Waals surface area contributed by atoms with Crippen LogP contribution in [0.25, 0.3) is 0 Å². The minimum Gasteiger partial charge on any atom is -0.347 e. The zero-order chi connectivity index (χ0) is 15.9. The third-order valence-corrected chi connectivity index (χ3v) is 3.73. The second kappa shape index (κ2) is 7.73. The molecule has 2 aromatic rings. The van der Waals surface area contributed by atoms with E-state index in [1.807, 2.05) is 24.3 Å². The van der Waals surface area contributed by atoms with Gasteiger partial charge in [0.1, 0.15) is 0 Å². The predicted molar refractivity (Wildman–Crippen MR) is 86.6 cm³/mol. The van der Waals surface area contributed by atoms with Crippen molar-refractivity contribution in [3.63, 3.8) is 0 Å². The van der Waals surface area contributed by atoms with Gasteiger partial charge in [-0.1, -0.05) is 44.5 Å². The van der Waals surface area contributed by atoms with Gasteiger partial charge in [-0.2, -0.15) is 0 Å². The summed E-state index contributed by atoms with van der Waals surface area (Å²) in [4.78, 5) is 12.4. The number of aryl methyl sites for hydroxylation is 1. The Balaban J connectivity index is 2.01. The molecular weight excluding hydrogens is 276 g/mol. The number of benzene rings is 1. The van der Waals surface area contributed by atoms with Crippen LogP contribution in [0.3, 0.4) is 0 Å². The lowest BCUT2D eigenvalue weighted by atomic mass is 10.0. The molecule has 5 nitrogen and oxygen atoms in total. The van der Waals surface area contributed by atoms with Crippen molar-refractivity contribution in [1.82, 2.24) is 20.3 Å². The number of hydrogen-bond donors (Lipinski definition) is 1. The Hall–Kier alpha value is -2.17. The maximum Gasteiger partial charge on any atom is 0.251 e. The fraction of sp³-hybridized carbons (Fsp3) is 0.471. The van der Waals surface area contributed by atoms with Gasteiger partial charge >= 0.3 is 0 Å². The van der Waals surface area contributed by atoms with Crippen LogP contribution in [0, 0.1) is 5.92 Å². The van der Waals surface area contributed by atoms with Gasteiger partial charge in [-0.25, -0.2) is 0 Å². The molecule has 0 aliphatic heterocycles. The molecule has 5 heteroatoms. The SMILES string of the molecule is CCCc1ccc(C(=O)N[C@@H](Cn2ccnn2)C(C)C)cc1. The maximum atomic E-state index is 12.4. The van der Waals surface area contributed by atoms with Crippen LogP contribution in [0.15, 0.2) is 36.7 Å². The minimum absolute atomic E-state index is 0.0181. The normalized spacial score (nSPS) is 12.4. The summed E-state index contributed by atoms with van der Waals surface area (Å²) in [6, 6.07) is 7.87. The fourth-order valence-electron chi connectivity index (χ4n) is 2.32. The highest BCUT2D eigenvalue weighted by Gasteiger charge is 2.18. The number of hydrogen-bond acceptors (Lipinski definition) is 3. The van der Waals surface area contributed by atoms with Crippen LogP contribution in [0.2, 0.25) is 0 Å². The van der Waals surface area contributed by atoms with E-state index in [1.165, 1.54) is 5.56 Å². The highest BCUT2D eigenvalue weighted by Crippen LogP contribution is 2.09. The first kappa shape index (κ1) is 16.2. The highest BCUT2D eigenvalue weighted by atomic mass is 16.1. The Bertz CT molecular complexity index is 575. The Labute approximate surface area is 131 Å². The molecule has 1 aromatic carbocycles. The second-order valence-electron chi connectivity index (χ2n) is 5.90. The summed E-state index contributed by atoms with van der Waals surface area (Å²) in [5.74, 6) is 0.273. The number of amides is 1. The summed E-state index contributed by atoms with van der Waals surface area (Å²) in [5, 5.41) is 10.9. The molecule has 0 bridgehead atoms. The molecule has 0 saturated carbocycles. The van der Waals surface area contributed by atoms with E-state index >= 15 is 0 Å². The van der Waals surface area contributed by atoms with Crippen LogP contribution in [-0.2, 0) is 13.0 Å². The summed E-state index contributed by atoms with van der Waals surface area (Å²) in [7, 11) is 0. The summed E-state index contributed by atoms with van der Waals surface area (Å²) >= 11 is 0. The van der Waals surface area contributed by atoms with Crippen LogP contribution in [0.5, 0.6) is 0 Å². The topological polar surface area (TPSA) is 59.8 Å². The molecule has 22 heavy (non-hydrogen) atoms. The van der Waals surface area contributed by atoms with Crippen molar-refractivity contribution in [2.45, 2.75) is 46.2 Å². The number of rotatable bonds is 7. The van der Waals surface area contributed by atoms with Gasteiger partial charge in [0.15, 0.2) is 0 Å². The van der Waals surface area contributed by atoms with Crippen LogP contribution in [0.4, 0.5) is 0 Å². The van der Waals surface area contributed by atoms with Gasteiger partial charge in [0.2, 0.25) is 0 Å². The van der Waals surface area contributed by atoms with Gasteiger partial charge in [0.05, 0.1) is 18.8 Å². The van der Waals surface area contributed by atoms with Gasteiger partial charge in [-0.15, -0.1) is 5.10 Å². The average molecular weight is 300 g/mol. The first-order valence-electron chi connectivity index (χ1n) is 7.84. The number of aromatic nitrogens is 3. The van der Waals surface area contributed by atoms with Gasteiger partial charge in [-0.05, 0) is 30.0 Å². The molecule has 0 saturated heterocycles. The van der Waals surface area contributed by atoms with E-state index in [0.29, 0.717) is 18.0 Å². The molecule has 118 valence electrons. The van der Waals surface area contributed by atoms with Crippen molar-refractivity contribution in [3.8, 4) is 0 Å². The lowest BCUT2D eigenvalue weighted by molar-refractivity contribution is 0.0919. The van der Waals surface area contributed by atoms with E-state index in [2.05, 4.69) is 36.4 Å². The van der Waals surface area contributed by atoms with E-state index in [1.54, 1.807) is 17.1 Å². The molecule has 0 spiro atoms. The van der Waals surface area contributed by atoms with Gasteiger partial charge in [0, 0.05) is 11.8 Å². The second-order valence-corrected chi connectivity index (χ2v) is 5.90. The Morgan fingerprint density at radius 1 is 1.27 bits per heavy atom. The molecule has 0 aliphatic rings.